The maximum Gasteiger partial charge on any atom is 0.306 e. The van der Waals surface area contributed by atoms with Gasteiger partial charge in [-0.05, 0) is 44.9 Å². The van der Waals surface area contributed by atoms with E-state index < -0.39 is 6.10 Å². The molecule has 0 aliphatic carbocycles. The molecule has 402 valence electrons. The molecule has 0 bridgehead atoms. The second-order valence-electron chi connectivity index (χ2n) is 21.0. The van der Waals surface area contributed by atoms with Crippen molar-refractivity contribution in [1.29, 1.82) is 0 Å². The summed E-state index contributed by atoms with van der Waals surface area (Å²) in [6.45, 7) is 6.70. The maximum absolute atomic E-state index is 12.8. The van der Waals surface area contributed by atoms with Crippen LogP contribution >= 0.6 is 0 Å². The summed E-state index contributed by atoms with van der Waals surface area (Å²) in [7, 11) is 0. The van der Waals surface area contributed by atoms with Gasteiger partial charge in [-0.2, -0.15) is 0 Å². The van der Waals surface area contributed by atoms with Crippen LogP contribution in [0.2, 0.25) is 0 Å². The highest BCUT2D eigenvalue weighted by Crippen LogP contribution is 2.18. The zero-order valence-electron chi connectivity index (χ0n) is 46.2. The Morgan fingerprint density at radius 1 is 0.279 bits per heavy atom. The molecule has 0 fully saturated rings. The first kappa shape index (κ1) is 66.2. The fourth-order valence-corrected chi connectivity index (χ4v) is 9.38. The fraction of sp³-hybridized carbons (Fsp3) is 0.919. The van der Waals surface area contributed by atoms with E-state index in [0.717, 1.165) is 57.8 Å². The molecule has 0 aromatic heterocycles. The Balaban J connectivity index is 4.24. The van der Waals surface area contributed by atoms with Crippen LogP contribution in [0, 0.1) is 0 Å². The van der Waals surface area contributed by atoms with Crippen LogP contribution in [0.3, 0.4) is 0 Å². The Morgan fingerprint density at radius 3 is 0.735 bits per heavy atom. The first-order chi connectivity index (χ1) is 33.5. The highest BCUT2D eigenvalue weighted by molar-refractivity contribution is 5.71. The van der Waals surface area contributed by atoms with Crippen LogP contribution in [0.4, 0.5) is 0 Å². The molecule has 68 heavy (non-hydrogen) atoms. The SMILES string of the molecule is CCCCCCCC/C=C\CCCCCCCCCCCC(=O)OC[C@H](COC(=O)CCCCCCCCCCCCCCCCCCCCC)OC(=O)CCCCCCCCCCCCCC. The zero-order valence-corrected chi connectivity index (χ0v) is 46.2. The second-order valence-corrected chi connectivity index (χ2v) is 21.0. The van der Waals surface area contributed by atoms with E-state index >= 15 is 0 Å². The standard InChI is InChI=1S/C62H118O6/c1-4-7-10-13-16-19-22-25-27-29-31-33-35-37-40-42-45-48-51-54-60(63)66-57-59(68-62(65)56-53-50-47-44-39-24-21-18-15-12-9-6-3)58-67-61(64)55-52-49-46-43-41-38-36-34-32-30-28-26-23-20-17-14-11-8-5-2/h25,27,59H,4-24,26,28-58H2,1-3H3/b27-25-/t59-/m1/s1. The molecule has 0 aromatic rings. The molecule has 0 aliphatic rings. The van der Waals surface area contributed by atoms with Gasteiger partial charge in [-0.3, -0.25) is 14.4 Å². The van der Waals surface area contributed by atoms with Crippen molar-refractivity contribution in [1.82, 2.24) is 0 Å². The van der Waals surface area contributed by atoms with Gasteiger partial charge in [0.05, 0.1) is 0 Å². The lowest BCUT2D eigenvalue weighted by molar-refractivity contribution is -0.167. The van der Waals surface area contributed by atoms with Crippen molar-refractivity contribution in [2.24, 2.45) is 0 Å². The van der Waals surface area contributed by atoms with Crippen LogP contribution in [-0.4, -0.2) is 37.2 Å². The van der Waals surface area contributed by atoms with E-state index in [2.05, 4.69) is 32.9 Å². The predicted molar refractivity (Wildman–Crippen MR) is 293 cm³/mol. The molecule has 0 spiro atoms. The monoisotopic (exact) mass is 959 g/mol. The van der Waals surface area contributed by atoms with Crippen molar-refractivity contribution in [2.45, 2.75) is 354 Å². The van der Waals surface area contributed by atoms with Gasteiger partial charge in [0.1, 0.15) is 13.2 Å². The summed E-state index contributed by atoms with van der Waals surface area (Å²) < 4.78 is 16.9. The van der Waals surface area contributed by atoms with Gasteiger partial charge in [-0.25, -0.2) is 0 Å². The fourth-order valence-electron chi connectivity index (χ4n) is 9.38. The van der Waals surface area contributed by atoms with Crippen molar-refractivity contribution in [2.75, 3.05) is 13.2 Å². The van der Waals surface area contributed by atoms with Crippen molar-refractivity contribution < 1.29 is 28.6 Å². The van der Waals surface area contributed by atoms with Gasteiger partial charge < -0.3 is 14.2 Å². The minimum absolute atomic E-state index is 0.0641. The Hall–Kier alpha value is -1.85. The van der Waals surface area contributed by atoms with Crippen LogP contribution in [0.15, 0.2) is 12.2 Å². The average Bonchev–Trinajstić information content (AvgIpc) is 3.34. The van der Waals surface area contributed by atoms with Crippen molar-refractivity contribution in [3.8, 4) is 0 Å². The Morgan fingerprint density at radius 2 is 0.485 bits per heavy atom. The van der Waals surface area contributed by atoms with E-state index in [-0.39, 0.29) is 31.1 Å². The van der Waals surface area contributed by atoms with Gasteiger partial charge >= 0.3 is 17.9 Å². The highest BCUT2D eigenvalue weighted by atomic mass is 16.6. The molecule has 0 N–H and O–H groups in total. The summed E-state index contributed by atoms with van der Waals surface area (Å²) in [6, 6.07) is 0. The van der Waals surface area contributed by atoms with E-state index in [4.69, 9.17) is 14.2 Å². The molecule has 6 heteroatoms. The van der Waals surface area contributed by atoms with Gasteiger partial charge in [0.25, 0.3) is 0 Å². The third kappa shape index (κ3) is 55.1. The van der Waals surface area contributed by atoms with Gasteiger partial charge in [-0.1, -0.05) is 296 Å². The first-order valence-corrected chi connectivity index (χ1v) is 30.7. The van der Waals surface area contributed by atoms with E-state index in [1.165, 1.54) is 250 Å². The number of esters is 3. The largest absolute Gasteiger partial charge is 0.462 e. The van der Waals surface area contributed by atoms with E-state index in [1.807, 2.05) is 0 Å². The molecule has 1 atom stereocenters. The molecule has 0 saturated heterocycles. The number of unbranched alkanes of at least 4 members (excludes halogenated alkanes) is 44. The highest BCUT2D eigenvalue weighted by Gasteiger charge is 2.19. The molecule has 0 aliphatic heterocycles. The maximum atomic E-state index is 12.8. The predicted octanol–water partition coefficient (Wildman–Crippen LogP) is 20.5. The molecule has 0 heterocycles. The first-order valence-electron chi connectivity index (χ1n) is 30.7. The Kier molecular flexibility index (Phi) is 56.2. The normalized spacial score (nSPS) is 12.0. The molecule has 0 amide bonds. The number of allylic oxidation sites excluding steroid dienone is 2. The smallest absolute Gasteiger partial charge is 0.306 e. The third-order valence-electron chi connectivity index (χ3n) is 14.0. The van der Waals surface area contributed by atoms with E-state index in [1.54, 1.807) is 0 Å². The topological polar surface area (TPSA) is 78.9 Å². The van der Waals surface area contributed by atoms with Crippen LogP contribution in [0.5, 0.6) is 0 Å². The lowest BCUT2D eigenvalue weighted by Gasteiger charge is -2.18. The number of ether oxygens (including phenoxy) is 3. The number of carbonyl (C=O) groups is 3. The van der Waals surface area contributed by atoms with E-state index in [9.17, 15) is 14.4 Å². The summed E-state index contributed by atoms with van der Waals surface area (Å²) in [5.41, 5.74) is 0. The number of hydrogen-bond donors (Lipinski definition) is 0. The summed E-state index contributed by atoms with van der Waals surface area (Å²) in [6.07, 6.45) is 66.4. The zero-order chi connectivity index (χ0) is 49.3. The second kappa shape index (κ2) is 57.7. The molecule has 0 radical (unpaired) electrons. The minimum Gasteiger partial charge on any atom is -0.462 e. The summed E-state index contributed by atoms with van der Waals surface area (Å²) >= 11 is 0. The van der Waals surface area contributed by atoms with Gasteiger partial charge in [0.2, 0.25) is 0 Å². The van der Waals surface area contributed by atoms with Crippen LogP contribution in [0.25, 0.3) is 0 Å². The molecule has 0 aromatic carbocycles. The Labute approximate surface area is 424 Å². The van der Waals surface area contributed by atoms with Crippen molar-refractivity contribution in [3.63, 3.8) is 0 Å². The molecule has 0 unspecified atom stereocenters. The quantitative estimate of drug-likeness (QED) is 0.0262. The van der Waals surface area contributed by atoms with Gasteiger partial charge in [0.15, 0.2) is 6.10 Å². The number of carbonyl (C=O) groups excluding carboxylic acids is 3. The van der Waals surface area contributed by atoms with Crippen LogP contribution in [-0.2, 0) is 28.6 Å². The third-order valence-corrected chi connectivity index (χ3v) is 14.0. The molecule has 6 nitrogen and oxygen atoms in total. The lowest BCUT2D eigenvalue weighted by atomic mass is 10.0. The minimum atomic E-state index is -0.765. The molecule has 0 rings (SSSR count). The summed E-state index contributed by atoms with van der Waals surface area (Å²) in [5.74, 6) is -0.839. The van der Waals surface area contributed by atoms with Gasteiger partial charge in [-0.15, -0.1) is 0 Å². The summed E-state index contributed by atoms with van der Waals surface area (Å²) in [5, 5.41) is 0. The van der Waals surface area contributed by atoms with E-state index in [0.29, 0.717) is 19.3 Å². The van der Waals surface area contributed by atoms with Gasteiger partial charge in [0, 0.05) is 19.3 Å². The number of hydrogen-bond acceptors (Lipinski definition) is 6. The Bertz CT molecular complexity index is 1060. The molecular weight excluding hydrogens is 841 g/mol. The molecular formula is C62H118O6. The number of rotatable bonds is 57. The van der Waals surface area contributed by atoms with Crippen LogP contribution in [0.1, 0.15) is 348 Å². The van der Waals surface area contributed by atoms with Crippen LogP contribution < -0.4 is 0 Å². The lowest BCUT2D eigenvalue weighted by Crippen LogP contribution is -2.30. The van der Waals surface area contributed by atoms with Crippen molar-refractivity contribution >= 4 is 17.9 Å². The molecule has 0 saturated carbocycles. The van der Waals surface area contributed by atoms with Crippen molar-refractivity contribution in [3.05, 3.63) is 12.2 Å². The summed E-state index contributed by atoms with van der Waals surface area (Å²) in [4.78, 5) is 38.2. The average molecular weight is 960 g/mol.